The van der Waals surface area contributed by atoms with Gasteiger partial charge in [-0.1, -0.05) is 54.8 Å². The molecule has 1 fully saturated rings. The molecule has 1 amide bonds. The van der Waals surface area contributed by atoms with Gasteiger partial charge in [-0.15, -0.1) is 0 Å². The van der Waals surface area contributed by atoms with Gasteiger partial charge in [0.1, 0.15) is 0 Å². The molecular formula is C22H25N3O3. The highest BCUT2D eigenvalue weighted by Gasteiger charge is 2.26. The number of hydrogen-bond donors (Lipinski definition) is 1. The summed E-state index contributed by atoms with van der Waals surface area (Å²) in [5.74, 6) is 1.91. The van der Waals surface area contributed by atoms with Crippen LogP contribution in [0.4, 0.5) is 0 Å². The summed E-state index contributed by atoms with van der Waals surface area (Å²) in [7, 11) is 0. The summed E-state index contributed by atoms with van der Waals surface area (Å²) in [5.41, 5.74) is 1.18. The summed E-state index contributed by atoms with van der Waals surface area (Å²) in [6, 6.07) is 13.9. The van der Waals surface area contributed by atoms with Crippen LogP contribution in [0.3, 0.4) is 0 Å². The average Bonchev–Trinajstić information content (AvgIpc) is 3.43. The second-order valence-electron chi connectivity index (χ2n) is 7.34. The van der Waals surface area contributed by atoms with Crippen molar-refractivity contribution in [3.05, 3.63) is 60.2 Å². The number of hydrogen-bond acceptors (Lipinski definition) is 5. The van der Waals surface area contributed by atoms with Gasteiger partial charge in [0, 0.05) is 12.8 Å². The number of carbonyl (C=O) groups excluding carboxylic acids is 1. The van der Waals surface area contributed by atoms with Gasteiger partial charge >= 0.3 is 0 Å². The summed E-state index contributed by atoms with van der Waals surface area (Å²) in [4.78, 5) is 17.0. The van der Waals surface area contributed by atoms with E-state index < -0.39 is 0 Å². The van der Waals surface area contributed by atoms with Crippen LogP contribution in [0.25, 0.3) is 11.6 Å². The van der Waals surface area contributed by atoms with Crippen molar-refractivity contribution in [3.8, 4) is 11.6 Å². The maximum absolute atomic E-state index is 12.7. The molecule has 28 heavy (non-hydrogen) atoms. The molecule has 0 spiro atoms. The Kier molecular flexibility index (Phi) is 5.85. The third kappa shape index (κ3) is 4.50. The Hall–Kier alpha value is -2.89. The summed E-state index contributed by atoms with van der Waals surface area (Å²) in [6.45, 7) is 0. The molecular weight excluding hydrogens is 354 g/mol. The number of amides is 1. The van der Waals surface area contributed by atoms with Gasteiger partial charge in [-0.2, -0.15) is 4.98 Å². The molecule has 1 aliphatic carbocycles. The van der Waals surface area contributed by atoms with E-state index in [-0.39, 0.29) is 11.9 Å². The predicted octanol–water partition coefficient (Wildman–Crippen LogP) is 4.70. The lowest BCUT2D eigenvalue weighted by molar-refractivity contribution is -0.122. The predicted molar refractivity (Wildman–Crippen MR) is 104 cm³/mol. The van der Waals surface area contributed by atoms with Crippen LogP contribution in [0.5, 0.6) is 0 Å². The number of carbonyl (C=O) groups is 1. The smallest absolute Gasteiger partial charge is 0.238 e. The molecule has 6 nitrogen and oxygen atoms in total. The minimum atomic E-state index is 0.0113. The standard InChI is InChI=1S/C22H25N3O3/c26-19(13-14-20-24-22(25-28-20)18-12-7-15-27-18)23-21(16-8-3-1-4-9-16)17-10-5-2-6-11-17/h1,3-4,7-9,12,15,17,21H,2,5-6,10-11,13-14H2,(H,23,26). The number of nitrogens with zero attached hydrogens (tertiary/aromatic N) is 2. The zero-order chi connectivity index (χ0) is 19.2. The van der Waals surface area contributed by atoms with E-state index in [1.807, 2.05) is 18.2 Å². The van der Waals surface area contributed by atoms with Crippen LogP contribution >= 0.6 is 0 Å². The highest BCUT2D eigenvalue weighted by atomic mass is 16.5. The SMILES string of the molecule is O=C(CCc1nc(-c2ccco2)no1)NC(c1ccccc1)C1CCCCC1. The summed E-state index contributed by atoms with van der Waals surface area (Å²) in [6.07, 6.45) is 8.38. The molecule has 2 aromatic heterocycles. The van der Waals surface area contributed by atoms with E-state index >= 15 is 0 Å². The highest BCUT2D eigenvalue weighted by Crippen LogP contribution is 2.34. The van der Waals surface area contributed by atoms with Crippen molar-refractivity contribution < 1.29 is 13.7 Å². The van der Waals surface area contributed by atoms with E-state index in [0.717, 1.165) is 12.8 Å². The van der Waals surface area contributed by atoms with Crippen LogP contribution in [0, 0.1) is 5.92 Å². The number of benzene rings is 1. The second kappa shape index (κ2) is 8.87. The summed E-state index contributed by atoms with van der Waals surface area (Å²) < 4.78 is 10.5. The molecule has 1 aliphatic rings. The molecule has 4 rings (SSSR count). The minimum absolute atomic E-state index is 0.0113. The van der Waals surface area contributed by atoms with Crippen molar-refractivity contribution >= 4 is 5.91 Å². The second-order valence-corrected chi connectivity index (χ2v) is 7.34. The first-order valence-electron chi connectivity index (χ1n) is 10.0. The van der Waals surface area contributed by atoms with Gasteiger partial charge in [-0.25, -0.2) is 0 Å². The van der Waals surface area contributed by atoms with E-state index in [1.54, 1.807) is 18.4 Å². The van der Waals surface area contributed by atoms with Crippen LogP contribution in [-0.4, -0.2) is 16.0 Å². The lowest BCUT2D eigenvalue weighted by atomic mass is 9.81. The molecule has 0 saturated heterocycles. The molecule has 1 N–H and O–H groups in total. The molecule has 6 heteroatoms. The van der Waals surface area contributed by atoms with Crippen LogP contribution < -0.4 is 5.32 Å². The largest absolute Gasteiger partial charge is 0.461 e. The van der Waals surface area contributed by atoms with Crippen molar-refractivity contribution in [1.82, 2.24) is 15.5 Å². The first kappa shape index (κ1) is 18.5. The van der Waals surface area contributed by atoms with Crippen molar-refractivity contribution in [2.45, 2.75) is 51.0 Å². The first-order chi connectivity index (χ1) is 13.8. The average molecular weight is 379 g/mol. The van der Waals surface area contributed by atoms with E-state index in [9.17, 15) is 4.79 Å². The molecule has 1 atom stereocenters. The normalized spacial score (nSPS) is 16.0. The molecule has 0 bridgehead atoms. The Balaban J connectivity index is 1.37. The fourth-order valence-corrected chi connectivity index (χ4v) is 3.93. The van der Waals surface area contributed by atoms with Crippen molar-refractivity contribution in [1.29, 1.82) is 0 Å². The number of furan rings is 1. The number of rotatable bonds is 7. The Morgan fingerprint density at radius 2 is 1.93 bits per heavy atom. The topological polar surface area (TPSA) is 81.2 Å². The Labute approximate surface area is 164 Å². The summed E-state index contributed by atoms with van der Waals surface area (Å²) >= 11 is 0. The third-order valence-corrected chi connectivity index (χ3v) is 5.37. The number of nitrogens with one attached hydrogen (secondary N) is 1. The van der Waals surface area contributed by atoms with Gasteiger partial charge in [0.05, 0.1) is 12.3 Å². The van der Waals surface area contributed by atoms with Gasteiger partial charge in [0.15, 0.2) is 5.76 Å². The van der Waals surface area contributed by atoms with Crippen LogP contribution in [0.2, 0.25) is 0 Å². The number of aryl methyl sites for hydroxylation is 1. The van der Waals surface area contributed by atoms with Gasteiger partial charge < -0.3 is 14.3 Å². The van der Waals surface area contributed by atoms with Crippen LogP contribution in [0.1, 0.15) is 56.0 Å². The Morgan fingerprint density at radius 1 is 1.11 bits per heavy atom. The van der Waals surface area contributed by atoms with Gasteiger partial charge in [0.25, 0.3) is 0 Å². The molecule has 3 aromatic rings. The highest BCUT2D eigenvalue weighted by molar-refractivity contribution is 5.76. The van der Waals surface area contributed by atoms with Crippen LogP contribution in [0.15, 0.2) is 57.7 Å². The van der Waals surface area contributed by atoms with Crippen molar-refractivity contribution in [3.63, 3.8) is 0 Å². The fraction of sp³-hybridized carbons (Fsp3) is 0.409. The monoisotopic (exact) mass is 379 g/mol. The zero-order valence-electron chi connectivity index (χ0n) is 15.8. The van der Waals surface area contributed by atoms with E-state index in [2.05, 4.69) is 27.6 Å². The molecule has 1 aromatic carbocycles. The maximum atomic E-state index is 12.7. The van der Waals surface area contributed by atoms with Gasteiger partial charge in [-0.05, 0) is 36.5 Å². The van der Waals surface area contributed by atoms with Gasteiger partial charge in [-0.3, -0.25) is 4.79 Å². The third-order valence-electron chi connectivity index (χ3n) is 5.37. The van der Waals surface area contributed by atoms with Crippen molar-refractivity contribution in [2.75, 3.05) is 0 Å². The zero-order valence-corrected chi connectivity index (χ0v) is 15.8. The molecule has 1 saturated carbocycles. The van der Waals surface area contributed by atoms with Gasteiger partial charge in [0.2, 0.25) is 17.6 Å². The Morgan fingerprint density at radius 3 is 2.68 bits per heavy atom. The lowest BCUT2D eigenvalue weighted by Crippen LogP contribution is -2.34. The quantitative estimate of drug-likeness (QED) is 0.643. The maximum Gasteiger partial charge on any atom is 0.238 e. The van der Waals surface area contributed by atoms with E-state index in [1.165, 1.54) is 24.8 Å². The first-order valence-corrected chi connectivity index (χ1v) is 10.0. The van der Waals surface area contributed by atoms with E-state index in [0.29, 0.717) is 36.2 Å². The molecule has 2 heterocycles. The summed E-state index contributed by atoms with van der Waals surface area (Å²) in [5, 5.41) is 7.17. The molecule has 146 valence electrons. The van der Waals surface area contributed by atoms with Crippen molar-refractivity contribution in [2.24, 2.45) is 5.92 Å². The molecule has 0 aliphatic heterocycles. The molecule has 1 unspecified atom stereocenters. The fourth-order valence-electron chi connectivity index (χ4n) is 3.93. The molecule has 0 radical (unpaired) electrons. The number of aromatic nitrogens is 2. The van der Waals surface area contributed by atoms with Crippen LogP contribution in [-0.2, 0) is 11.2 Å². The Bertz CT molecular complexity index is 868. The van der Waals surface area contributed by atoms with E-state index in [4.69, 9.17) is 8.94 Å². The lowest BCUT2D eigenvalue weighted by Gasteiger charge is -2.31. The minimum Gasteiger partial charge on any atom is -0.461 e.